The Kier molecular flexibility index (Phi) is 7.88. The van der Waals surface area contributed by atoms with Crippen molar-refractivity contribution in [2.45, 2.75) is 38.8 Å². The van der Waals surface area contributed by atoms with Crippen LogP contribution in [0.15, 0.2) is 63.8 Å². The van der Waals surface area contributed by atoms with Crippen molar-refractivity contribution < 1.29 is 40.3 Å². The number of carbonyl (C=O) groups excluding carboxylic acids is 2. The zero-order valence-electron chi connectivity index (χ0n) is 20.0. The number of nitrogens with one attached hydrogen (secondary N) is 1. The van der Waals surface area contributed by atoms with Gasteiger partial charge in [-0.2, -0.15) is 0 Å². The Labute approximate surface area is 207 Å². The lowest BCUT2D eigenvalue weighted by Gasteiger charge is -2.22. The van der Waals surface area contributed by atoms with E-state index in [-0.39, 0.29) is 23.5 Å². The van der Waals surface area contributed by atoms with Gasteiger partial charge in [-0.25, -0.2) is 14.4 Å². The van der Waals surface area contributed by atoms with Gasteiger partial charge in [-0.05, 0) is 56.7 Å². The highest BCUT2D eigenvalue weighted by atomic mass is 32.3. The molecule has 0 aliphatic carbocycles. The lowest BCUT2D eigenvalue weighted by atomic mass is 10.1. The van der Waals surface area contributed by atoms with Crippen LogP contribution in [0.4, 0.5) is 4.79 Å². The summed E-state index contributed by atoms with van der Waals surface area (Å²) in [5.41, 5.74) is -0.608. The predicted molar refractivity (Wildman–Crippen MR) is 128 cm³/mol. The molecule has 0 unspecified atom stereocenters. The van der Waals surface area contributed by atoms with E-state index in [2.05, 4.69) is 5.32 Å². The summed E-state index contributed by atoms with van der Waals surface area (Å²) in [7, 11) is -3.33. The summed E-state index contributed by atoms with van der Waals surface area (Å²) < 4.78 is 49.5. The second-order valence-corrected chi connectivity index (χ2v) is 9.75. The Hall–Kier alpha value is -4.06. The smallest absolute Gasteiger partial charge is 0.467 e. The predicted octanol–water partition coefficient (Wildman–Crippen LogP) is 3.10. The number of methoxy groups -OCH3 is 1. The Morgan fingerprint density at radius 1 is 0.972 bits per heavy atom. The standard InChI is InChI=1S/C24H25NO10S/c1-24(2,3)33-23(28)25-19(22(27)31-4)13-15-5-9-17(10-6-15)34-36(29,30)35-18-11-7-16-8-12-21(26)32-20(16)14-18/h5-12,14,19H,13H2,1-4H3,(H,25,28)/t19-/m0/s1. The minimum atomic E-state index is -4.52. The minimum absolute atomic E-state index is 0.0533. The monoisotopic (exact) mass is 519 g/mol. The molecule has 1 atom stereocenters. The molecule has 36 heavy (non-hydrogen) atoms. The van der Waals surface area contributed by atoms with E-state index >= 15 is 0 Å². The lowest BCUT2D eigenvalue weighted by molar-refractivity contribution is -0.143. The van der Waals surface area contributed by atoms with Gasteiger partial charge in [0.1, 0.15) is 28.7 Å². The van der Waals surface area contributed by atoms with Crippen LogP contribution < -0.4 is 19.3 Å². The maximum Gasteiger partial charge on any atom is 0.500 e. The van der Waals surface area contributed by atoms with Gasteiger partial charge in [0.05, 0.1) is 7.11 Å². The quantitative estimate of drug-likeness (QED) is 0.348. The molecule has 1 amide bonds. The lowest BCUT2D eigenvalue weighted by Crippen LogP contribution is -2.45. The summed E-state index contributed by atoms with van der Waals surface area (Å²) in [5.74, 6) is -0.841. The summed E-state index contributed by atoms with van der Waals surface area (Å²) in [6, 6.07) is 11.7. The fourth-order valence-corrected chi connectivity index (χ4v) is 3.77. The van der Waals surface area contributed by atoms with Crippen LogP contribution in [0.2, 0.25) is 0 Å². The van der Waals surface area contributed by atoms with E-state index in [1.165, 1.54) is 61.7 Å². The first-order valence-electron chi connectivity index (χ1n) is 10.7. The summed E-state index contributed by atoms with van der Waals surface area (Å²) in [6.07, 6.45) is -0.730. The van der Waals surface area contributed by atoms with Crippen molar-refractivity contribution in [2.75, 3.05) is 7.11 Å². The van der Waals surface area contributed by atoms with Crippen molar-refractivity contribution >= 4 is 33.4 Å². The van der Waals surface area contributed by atoms with Gasteiger partial charge in [0.15, 0.2) is 0 Å². The van der Waals surface area contributed by atoms with Crippen LogP contribution in [0.5, 0.6) is 11.5 Å². The molecule has 12 heteroatoms. The molecule has 1 aromatic heterocycles. The number of amides is 1. The van der Waals surface area contributed by atoms with Crippen molar-refractivity contribution in [3.05, 3.63) is 70.6 Å². The molecule has 0 bridgehead atoms. The molecule has 192 valence electrons. The van der Waals surface area contributed by atoms with Crippen molar-refractivity contribution in [2.24, 2.45) is 0 Å². The molecular formula is C24H25NO10S. The van der Waals surface area contributed by atoms with Gasteiger partial charge in [0, 0.05) is 23.9 Å². The number of fused-ring (bicyclic) bond motifs is 1. The molecule has 11 nitrogen and oxygen atoms in total. The molecule has 0 fully saturated rings. The fraction of sp³-hybridized carbons (Fsp3) is 0.292. The molecule has 0 radical (unpaired) electrons. The SMILES string of the molecule is COC(=O)[C@H](Cc1ccc(OS(=O)(=O)Oc2ccc3ccc(=O)oc3c2)cc1)NC(=O)OC(C)(C)C. The number of ether oxygens (including phenoxy) is 2. The number of carbonyl (C=O) groups is 2. The largest absolute Gasteiger partial charge is 0.500 e. The Bertz CT molecular complexity index is 1410. The maximum atomic E-state index is 12.3. The van der Waals surface area contributed by atoms with E-state index in [0.717, 1.165) is 0 Å². The molecule has 0 spiro atoms. The average molecular weight is 520 g/mol. The molecule has 0 saturated heterocycles. The molecule has 3 rings (SSSR count). The van der Waals surface area contributed by atoms with Crippen molar-refractivity contribution in [1.82, 2.24) is 5.32 Å². The zero-order chi connectivity index (χ0) is 26.5. The number of rotatable bonds is 8. The summed E-state index contributed by atoms with van der Waals surface area (Å²) in [6.45, 7) is 5.07. The van der Waals surface area contributed by atoms with E-state index in [0.29, 0.717) is 10.9 Å². The third-order valence-electron chi connectivity index (χ3n) is 4.53. The second kappa shape index (κ2) is 10.7. The van der Waals surface area contributed by atoms with Gasteiger partial charge < -0.3 is 27.6 Å². The first-order valence-corrected chi connectivity index (χ1v) is 12.0. The molecular weight excluding hydrogens is 494 g/mol. The van der Waals surface area contributed by atoms with Gasteiger partial charge >= 0.3 is 28.1 Å². The molecule has 0 aliphatic heterocycles. The summed E-state index contributed by atoms with van der Waals surface area (Å²) >= 11 is 0. The van der Waals surface area contributed by atoms with Crippen LogP contribution in [0.25, 0.3) is 11.0 Å². The van der Waals surface area contributed by atoms with Gasteiger partial charge in [-0.15, -0.1) is 8.42 Å². The van der Waals surface area contributed by atoms with Crippen molar-refractivity contribution in [1.29, 1.82) is 0 Å². The molecule has 1 N–H and O–H groups in total. The Morgan fingerprint density at radius 3 is 2.22 bits per heavy atom. The van der Waals surface area contributed by atoms with Crippen LogP contribution in [-0.2, 0) is 31.1 Å². The second-order valence-electron chi connectivity index (χ2n) is 8.60. The molecule has 0 aliphatic rings. The average Bonchev–Trinajstić information content (AvgIpc) is 2.77. The number of hydrogen-bond donors (Lipinski definition) is 1. The maximum absolute atomic E-state index is 12.3. The Morgan fingerprint density at radius 2 is 1.58 bits per heavy atom. The van der Waals surface area contributed by atoms with E-state index in [1.54, 1.807) is 20.8 Å². The van der Waals surface area contributed by atoms with E-state index in [4.69, 9.17) is 22.3 Å². The van der Waals surface area contributed by atoms with Crippen LogP contribution in [0.1, 0.15) is 26.3 Å². The third-order valence-corrected chi connectivity index (χ3v) is 5.32. The van der Waals surface area contributed by atoms with E-state index < -0.39 is 39.7 Å². The Balaban J connectivity index is 1.66. The highest BCUT2D eigenvalue weighted by Gasteiger charge is 2.25. The first kappa shape index (κ1) is 26.5. The normalized spacial score (nSPS) is 12.4. The topological polar surface area (TPSA) is 147 Å². The van der Waals surface area contributed by atoms with Gasteiger partial charge in [0.25, 0.3) is 0 Å². The zero-order valence-corrected chi connectivity index (χ0v) is 20.8. The number of benzene rings is 2. The number of hydrogen-bond acceptors (Lipinski definition) is 10. The molecule has 1 heterocycles. The summed E-state index contributed by atoms with van der Waals surface area (Å²) in [5, 5.41) is 3.04. The van der Waals surface area contributed by atoms with Crippen molar-refractivity contribution in [3.63, 3.8) is 0 Å². The molecule has 3 aromatic rings. The van der Waals surface area contributed by atoms with Gasteiger partial charge in [-0.3, -0.25) is 0 Å². The number of esters is 1. The van der Waals surface area contributed by atoms with E-state index in [9.17, 15) is 22.8 Å². The van der Waals surface area contributed by atoms with Crippen LogP contribution in [-0.4, -0.2) is 39.2 Å². The third kappa shape index (κ3) is 7.73. The molecule has 2 aromatic carbocycles. The highest BCUT2D eigenvalue weighted by Crippen LogP contribution is 2.23. The van der Waals surface area contributed by atoms with Crippen molar-refractivity contribution in [3.8, 4) is 11.5 Å². The minimum Gasteiger partial charge on any atom is -0.467 e. The summed E-state index contributed by atoms with van der Waals surface area (Å²) in [4.78, 5) is 35.6. The van der Waals surface area contributed by atoms with E-state index in [1.807, 2.05) is 0 Å². The van der Waals surface area contributed by atoms with Gasteiger partial charge in [-0.1, -0.05) is 12.1 Å². The fourth-order valence-electron chi connectivity index (χ4n) is 3.05. The van der Waals surface area contributed by atoms with Crippen LogP contribution in [0.3, 0.4) is 0 Å². The van der Waals surface area contributed by atoms with Gasteiger partial charge in [0.2, 0.25) is 0 Å². The molecule has 0 saturated carbocycles. The highest BCUT2D eigenvalue weighted by molar-refractivity contribution is 7.82. The van der Waals surface area contributed by atoms with Crippen LogP contribution in [0, 0.1) is 0 Å². The first-order chi connectivity index (χ1) is 16.8. The van der Waals surface area contributed by atoms with Crippen LogP contribution >= 0.6 is 0 Å². The number of alkyl carbamates (subject to hydrolysis) is 1.